The zero-order valence-electron chi connectivity index (χ0n) is 8.79. The number of aliphatic imine (C=N–C) groups is 1. The van der Waals surface area contributed by atoms with E-state index in [9.17, 15) is 5.11 Å². The first-order chi connectivity index (χ1) is 8.02. The van der Waals surface area contributed by atoms with E-state index in [2.05, 4.69) is 15.2 Å². The van der Waals surface area contributed by atoms with Crippen LogP contribution in [0.4, 0.5) is 5.69 Å². The van der Waals surface area contributed by atoms with Gasteiger partial charge in [-0.3, -0.25) is 0 Å². The van der Waals surface area contributed by atoms with Crippen LogP contribution in [0, 0.1) is 0 Å². The number of aromatic hydroxyl groups is 1. The quantitative estimate of drug-likeness (QED) is 0.360. The summed E-state index contributed by atoms with van der Waals surface area (Å²) in [6.45, 7) is 0. The second-order valence-electron chi connectivity index (χ2n) is 2.77. The highest BCUT2D eigenvalue weighted by molar-refractivity contribution is 8.13. The van der Waals surface area contributed by atoms with Gasteiger partial charge in [-0.15, -0.1) is 10.2 Å². The maximum atomic E-state index is 9.20. The fourth-order valence-electron chi connectivity index (χ4n) is 0.821. The Hall–Kier alpha value is -1.18. The number of azo groups is 1. The second-order valence-corrected chi connectivity index (χ2v) is 4.37. The van der Waals surface area contributed by atoms with Gasteiger partial charge in [-0.25, -0.2) is 0 Å². The Labute approximate surface area is 113 Å². The molecule has 0 radical (unpaired) electrons. The maximum Gasteiger partial charge on any atom is 0.242 e. The standard InChI is InChI=1S/C9H9ClN4OS2/c1-17-8(11)12-9(16)14-13-5-2-3-7(15)6(10)4-5/h2-4,15H,1H3,(H2,11,12,16). The maximum absolute atomic E-state index is 9.20. The van der Waals surface area contributed by atoms with Gasteiger partial charge in [-0.1, -0.05) is 23.4 Å². The van der Waals surface area contributed by atoms with Crippen LogP contribution in [0.2, 0.25) is 5.02 Å². The van der Waals surface area contributed by atoms with Crippen molar-refractivity contribution in [3.8, 4) is 5.75 Å². The molecule has 0 aliphatic carbocycles. The third kappa shape index (κ3) is 4.68. The first-order valence-electron chi connectivity index (χ1n) is 4.35. The van der Waals surface area contributed by atoms with Crippen LogP contribution in [0.1, 0.15) is 0 Å². The van der Waals surface area contributed by atoms with Crippen molar-refractivity contribution >= 4 is 51.5 Å². The Morgan fingerprint density at radius 2 is 2.24 bits per heavy atom. The number of hydrogen-bond acceptors (Lipinski definition) is 4. The van der Waals surface area contributed by atoms with Crippen molar-refractivity contribution in [3.05, 3.63) is 23.2 Å². The predicted molar refractivity (Wildman–Crippen MR) is 75.4 cm³/mol. The number of phenolic OH excluding ortho intramolecular Hbond substituents is 1. The SMILES string of the molecule is CS/C(N)=N/C(=S)N=Nc1ccc(O)c(Cl)c1. The van der Waals surface area contributed by atoms with Crippen molar-refractivity contribution in [2.24, 2.45) is 21.0 Å². The van der Waals surface area contributed by atoms with Crippen LogP contribution in [-0.4, -0.2) is 21.6 Å². The second kappa shape index (κ2) is 6.53. The van der Waals surface area contributed by atoms with Gasteiger partial charge >= 0.3 is 0 Å². The Balaban J connectivity index is 2.77. The molecule has 0 bridgehead atoms. The number of nitrogens with two attached hydrogens (primary N) is 1. The molecule has 1 aromatic carbocycles. The van der Waals surface area contributed by atoms with Crippen molar-refractivity contribution < 1.29 is 5.11 Å². The van der Waals surface area contributed by atoms with E-state index in [-0.39, 0.29) is 15.9 Å². The van der Waals surface area contributed by atoms with Crippen molar-refractivity contribution in [1.82, 2.24) is 0 Å². The van der Waals surface area contributed by atoms with Crippen molar-refractivity contribution in [2.75, 3.05) is 6.26 Å². The molecule has 0 aliphatic rings. The highest BCUT2D eigenvalue weighted by Gasteiger charge is 1.99. The summed E-state index contributed by atoms with van der Waals surface area (Å²) in [5.74, 6) is -0.0159. The number of rotatable bonds is 1. The van der Waals surface area contributed by atoms with Gasteiger partial charge in [0.25, 0.3) is 0 Å². The minimum atomic E-state index is -0.0159. The number of hydrogen-bond donors (Lipinski definition) is 2. The fourth-order valence-corrected chi connectivity index (χ4v) is 1.37. The summed E-state index contributed by atoms with van der Waals surface area (Å²) >= 11 is 11.8. The molecule has 1 rings (SSSR count). The molecular formula is C9H9ClN4OS2. The lowest BCUT2D eigenvalue weighted by atomic mass is 10.3. The highest BCUT2D eigenvalue weighted by Crippen LogP contribution is 2.27. The molecule has 0 saturated heterocycles. The zero-order valence-corrected chi connectivity index (χ0v) is 11.2. The van der Waals surface area contributed by atoms with Crippen LogP contribution in [-0.2, 0) is 0 Å². The summed E-state index contributed by atoms with van der Waals surface area (Å²) in [6, 6.07) is 4.43. The molecule has 0 amide bonds. The molecule has 0 aliphatic heterocycles. The van der Waals surface area contributed by atoms with Gasteiger partial charge in [0.1, 0.15) is 5.75 Å². The van der Waals surface area contributed by atoms with Gasteiger partial charge in [-0.05, 0) is 36.7 Å². The molecule has 0 spiro atoms. The number of benzene rings is 1. The Morgan fingerprint density at radius 1 is 1.53 bits per heavy atom. The summed E-state index contributed by atoms with van der Waals surface area (Å²) < 4.78 is 0. The van der Waals surface area contributed by atoms with E-state index in [1.165, 1.54) is 23.9 Å². The summed E-state index contributed by atoms with van der Waals surface area (Å²) in [5, 5.41) is 17.2. The van der Waals surface area contributed by atoms with Gasteiger partial charge in [0.2, 0.25) is 5.11 Å². The monoisotopic (exact) mass is 288 g/mol. The Kier molecular flexibility index (Phi) is 5.33. The molecule has 0 atom stereocenters. The van der Waals surface area contributed by atoms with Gasteiger partial charge in [-0.2, -0.15) is 4.99 Å². The summed E-state index contributed by atoms with van der Waals surface area (Å²) in [5.41, 5.74) is 5.92. The van der Waals surface area contributed by atoms with Crippen LogP contribution in [0.15, 0.2) is 33.4 Å². The molecule has 17 heavy (non-hydrogen) atoms. The van der Waals surface area contributed by atoms with Gasteiger partial charge < -0.3 is 10.8 Å². The van der Waals surface area contributed by atoms with E-state index in [4.69, 9.17) is 29.6 Å². The fraction of sp³-hybridized carbons (Fsp3) is 0.111. The average Bonchev–Trinajstić information content (AvgIpc) is 2.30. The van der Waals surface area contributed by atoms with Crippen molar-refractivity contribution in [2.45, 2.75) is 0 Å². The largest absolute Gasteiger partial charge is 0.506 e. The van der Waals surface area contributed by atoms with E-state index >= 15 is 0 Å². The lowest BCUT2D eigenvalue weighted by Crippen LogP contribution is -2.07. The Bertz CT molecular complexity index is 490. The van der Waals surface area contributed by atoms with Gasteiger partial charge in [0, 0.05) is 0 Å². The number of amidine groups is 1. The van der Waals surface area contributed by atoms with Gasteiger partial charge in [0.15, 0.2) is 5.17 Å². The zero-order chi connectivity index (χ0) is 12.8. The number of halogens is 1. The van der Waals surface area contributed by atoms with Crippen LogP contribution in [0.5, 0.6) is 5.75 Å². The third-order valence-corrected chi connectivity index (χ3v) is 2.58. The first-order valence-corrected chi connectivity index (χ1v) is 6.36. The van der Waals surface area contributed by atoms with E-state index in [1.807, 2.05) is 0 Å². The molecule has 5 nitrogen and oxygen atoms in total. The smallest absolute Gasteiger partial charge is 0.242 e. The highest BCUT2D eigenvalue weighted by atomic mass is 35.5. The first kappa shape index (κ1) is 13.9. The lowest BCUT2D eigenvalue weighted by molar-refractivity contribution is 0.475. The average molecular weight is 289 g/mol. The van der Waals surface area contributed by atoms with Crippen LogP contribution >= 0.6 is 35.6 Å². The number of thiocarbonyl (C=S) groups is 1. The van der Waals surface area contributed by atoms with E-state index in [1.54, 1.807) is 12.3 Å². The van der Waals surface area contributed by atoms with Gasteiger partial charge in [0.05, 0.1) is 10.7 Å². The van der Waals surface area contributed by atoms with E-state index in [0.29, 0.717) is 10.9 Å². The summed E-state index contributed by atoms with van der Waals surface area (Å²) in [6.07, 6.45) is 1.78. The molecule has 0 saturated carbocycles. The number of nitrogens with zero attached hydrogens (tertiary/aromatic N) is 3. The number of thioether (sulfide) groups is 1. The predicted octanol–water partition coefficient (Wildman–Crippen LogP) is 3.09. The van der Waals surface area contributed by atoms with Crippen molar-refractivity contribution in [1.29, 1.82) is 0 Å². The molecule has 0 fully saturated rings. The van der Waals surface area contributed by atoms with E-state index < -0.39 is 0 Å². The minimum absolute atomic E-state index is 0.0159. The molecule has 0 heterocycles. The topological polar surface area (TPSA) is 83.3 Å². The molecule has 0 aromatic heterocycles. The number of phenols is 1. The summed E-state index contributed by atoms with van der Waals surface area (Å²) in [7, 11) is 0. The molecule has 8 heteroatoms. The van der Waals surface area contributed by atoms with Crippen molar-refractivity contribution in [3.63, 3.8) is 0 Å². The van der Waals surface area contributed by atoms with Crippen LogP contribution in [0.25, 0.3) is 0 Å². The third-order valence-electron chi connectivity index (χ3n) is 1.60. The molecule has 1 aromatic rings. The Morgan fingerprint density at radius 3 is 2.82 bits per heavy atom. The van der Waals surface area contributed by atoms with Crippen LogP contribution in [0.3, 0.4) is 0 Å². The van der Waals surface area contributed by atoms with E-state index in [0.717, 1.165) is 0 Å². The molecule has 0 unspecified atom stereocenters. The lowest BCUT2D eigenvalue weighted by Gasteiger charge is -1.96. The summed E-state index contributed by atoms with van der Waals surface area (Å²) in [4.78, 5) is 3.80. The van der Waals surface area contributed by atoms with Crippen LogP contribution < -0.4 is 5.73 Å². The molecule has 3 N–H and O–H groups in total. The molecule has 90 valence electrons. The normalized spacial score (nSPS) is 12.0. The minimum Gasteiger partial charge on any atom is -0.506 e. The molecular weight excluding hydrogens is 280 g/mol.